The van der Waals surface area contributed by atoms with Crippen LogP contribution in [0.15, 0.2) is 63.0 Å². The normalized spacial score (nSPS) is 11.2. The lowest BCUT2D eigenvalue weighted by molar-refractivity contribution is 0.0952. The second kappa shape index (κ2) is 7.77. The van der Waals surface area contributed by atoms with E-state index in [0.717, 1.165) is 4.88 Å². The van der Waals surface area contributed by atoms with Gasteiger partial charge in [-0.2, -0.15) is 0 Å². The van der Waals surface area contributed by atoms with Gasteiger partial charge in [-0.15, -0.1) is 11.3 Å². The monoisotopic (exact) mass is 434 g/mol. The fraction of sp³-hybridized carbons (Fsp3) is 0.0909. The molecule has 0 aliphatic rings. The summed E-state index contributed by atoms with van der Waals surface area (Å²) in [4.78, 5) is 22.7. The molecule has 1 aromatic carbocycles. The first-order chi connectivity index (χ1) is 15.1. The first-order valence-corrected chi connectivity index (χ1v) is 10.3. The van der Waals surface area contributed by atoms with Gasteiger partial charge in [0.2, 0.25) is 5.89 Å². The molecule has 0 saturated carbocycles. The SMILES string of the molecule is Cc1noc2nc(-c3ccccc3F)cc(C(=O)NCc3coc(-c4cccs4)n3)c12. The first-order valence-electron chi connectivity index (χ1n) is 9.38. The van der Waals surface area contributed by atoms with Crippen LogP contribution < -0.4 is 5.32 Å². The Kier molecular flexibility index (Phi) is 4.79. The molecule has 9 heteroatoms. The summed E-state index contributed by atoms with van der Waals surface area (Å²) in [5.41, 5.74) is 2.12. The molecule has 5 rings (SSSR count). The molecule has 4 heterocycles. The van der Waals surface area contributed by atoms with Crippen LogP contribution in [0.5, 0.6) is 0 Å². The summed E-state index contributed by atoms with van der Waals surface area (Å²) in [5, 5.41) is 9.15. The number of hydrogen-bond donors (Lipinski definition) is 1. The zero-order valence-corrected chi connectivity index (χ0v) is 17.1. The van der Waals surface area contributed by atoms with Crippen LogP contribution in [0.2, 0.25) is 0 Å². The van der Waals surface area contributed by atoms with Crippen LogP contribution >= 0.6 is 11.3 Å². The Balaban J connectivity index is 1.45. The molecule has 0 aliphatic carbocycles. The Hall–Kier alpha value is -3.85. The van der Waals surface area contributed by atoms with Gasteiger partial charge < -0.3 is 14.3 Å². The van der Waals surface area contributed by atoms with Crippen LogP contribution in [-0.2, 0) is 6.54 Å². The third-order valence-corrected chi connectivity index (χ3v) is 5.58. The molecule has 0 atom stereocenters. The summed E-state index contributed by atoms with van der Waals surface area (Å²) in [6, 6.07) is 11.6. The molecular formula is C22H15FN4O3S. The van der Waals surface area contributed by atoms with Crippen molar-refractivity contribution in [1.29, 1.82) is 0 Å². The zero-order chi connectivity index (χ0) is 21.4. The van der Waals surface area contributed by atoms with Crippen molar-refractivity contribution in [2.24, 2.45) is 0 Å². The number of halogens is 1. The van der Waals surface area contributed by atoms with E-state index in [2.05, 4.69) is 20.4 Å². The van der Waals surface area contributed by atoms with E-state index in [1.165, 1.54) is 23.7 Å². The summed E-state index contributed by atoms with van der Waals surface area (Å²) < 4.78 is 25.0. The highest BCUT2D eigenvalue weighted by atomic mass is 32.1. The van der Waals surface area contributed by atoms with Gasteiger partial charge in [0.05, 0.1) is 39.5 Å². The van der Waals surface area contributed by atoms with Crippen LogP contribution in [0, 0.1) is 12.7 Å². The molecule has 0 radical (unpaired) electrons. The van der Waals surface area contributed by atoms with Gasteiger partial charge in [0.25, 0.3) is 11.6 Å². The first kappa shape index (κ1) is 19.1. The smallest absolute Gasteiger partial charge is 0.259 e. The molecule has 0 aliphatic heterocycles. The van der Waals surface area contributed by atoms with E-state index in [-0.39, 0.29) is 29.4 Å². The number of fused-ring (bicyclic) bond motifs is 1. The molecule has 0 fully saturated rings. The number of rotatable bonds is 5. The van der Waals surface area contributed by atoms with Gasteiger partial charge in [-0.1, -0.05) is 23.4 Å². The lowest BCUT2D eigenvalue weighted by Gasteiger charge is -2.08. The lowest BCUT2D eigenvalue weighted by atomic mass is 10.0. The van der Waals surface area contributed by atoms with E-state index in [0.29, 0.717) is 28.2 Å². The number of carbonyl (C=O) groups excluding carboxylic acids is 1. The molecule has 1 N–H and O–H groups in total. The molecule has 0 spiro atoms. The molecule has 7 nitrogen and oxygen atoms in total. The van der Waals surface area contributed by atoms with Crippen LogP contribution in [-0.4, -0.2) is 21.0 Å². The largest absolute Gasteiger partial charge is 0.443 e. The Labute approximate surface area is 179 Å². The number of amides is 1. The fourth-order valence-electron chi connectivity index (χ4n) is 3.25. The Morgan fingerprint density at radius 3 is 2.87 bits per heavy atom. The second-order valence-corrected chi connectivity index (χ2v) is 7.73. The molecule has 0 unspecified atom stereocenters. The molecule has 0 saturated heterocycles. The molecule has 4 aromatic heterocycles. The Bertz CT molecular complexity index is 1390. The van der Waals surface area contributed by atoms with Crippen molar-refractivity contribution < 1.29 is 18.1 Å². The van der Waals surface area contributed by atoms with Gasteiger partial charge in [0.1, 0.15) is 12.1 Å². The lowest BCUT2D eigenvalue weighted by Crippen LogP contribution is -2.23. The number of aromatic nitrogens is 3. The van der Waals surface area contributed by atoms with Gasteiger partial charge >= 0.3 is 0 Å². The van der Waals surface area contributed by atoms with Gasteiger partial charge in [0, 0.05) is 5.56 Å². The maximum absolute atomic E-state index is 14.3. The zero-order valence-electron chi connectivity index (χ0n) is 16.3. The summed E-state index contributed by atoms with van der Waals surface area (Å²) in [6.07, 6.45) is 1.51. The van der Waals surface area contributed by atoms with E-state index < -0.39 is 5.82 Å². The van der Waals surface area contributed by atoms with E-state index in [9.17, 15) is 9.18 Å². The predicted molar refractivity (Wildman–Crippen MR) is 113 cm³/mol. The number of hydrogen-bond acceptors (Lipinski definition) is 7. The predicted octanol–water partition coefficient (Wildman–Crippen LogP) is 4.98. The molecule has 5 aromatic rings. The topological polar surface area (TPSA) is 94.0 Å². The van der Waals surface area contributed by atoms with E-state index in [1.807, 2.05) is 17.5 Å². The second-order valence-electron chi connectivity index (χ2n) is 6.79. The minimum absolute atomic E-state index is 0.164. The van der Waals surface area contributed by atoms with E-state index in [1.54, 1.807) is 31.2 Å². The highest BCUT2D eigenvalue weighted by Gasteiger charge is 2.20. The minimum atomic E-state index is -0.444. The molecule has 154 valence electrons. The third kappa shape index (κ3) is 3.59. The molecule has 31 heavy (non-hydrogen) atoms. The van der Waals surface area contributed by atoms with Crippen molar-refractivity contribution >= 4 is 28.3 Å². The van der Waals surface area contributed by atoms with Crippen molar-refractivity contribution in [2.75, 3.05) is 0 Å². The third-order valence-electron chi connectivity index (χ3n) is 4.73. The Morgan fingerprint density at radius 1 is 1.19 bits per heavy atom. The van der Waals surface area contributed by atoms with Crippen molar-refractivity contribution in [3.63, 3.8) is 0 Å². The summed E-state index contributed by atoms with van der Waals surface area (Å²) in [6.45, 7) is 1.88. The number of pyridine rings is 1. The average molecular weight is 434 g/mol. The van der Waals surface area contributed by atoms with Crippen molar-refractivity contribution in [3.8, 4) is 22.0 Å². The van der Waals surface area contributed by atoms with Crippen LogP contribution in [0.4, 0.5) is 4.39 Å². The number of nitrogens with zero attached hydrogens (tertiary/aromatic N) is 3. The van der Waals surface area contributed by atoms with Crippen molar-refractivity contribution in [1.82, 2.24) is 20.4 Å². The highest BCUT2D eigenvalue weighted by Crippen LogP contribution is 2.28. The quantitative estimate of drug-likeness (QED) is 0.419. The number of carbonyl (C=O) groups is 1. The van der Waals surface area contributed by atoms with Crippen molar-refractivity contribution in [3.05, 3.63) is 76.9 Å². The number of oxazole rings is 1. The standard InChI is InChI=1S/C22H15FN4O3S/c1-12-19-15(9-17(26-22(19)30-27-12)14-5-2-3-6-16(14)23)20(28)24-10-13-11-29-21(25-13)18-7-4-8-31-18/h2-9,11H,10H2,1H3,(H,24,28). The number of nitrogens with one attached hydrogen (secondary N) is 1. The maximum atomic E-state index is 14.3. The Morgan fingerprint density at radius 2 is 2.06 bits per heavy atom. The van der Waals surface area contributed by atoms with Gasteiger partial charge in [-0.05, 0) is 36.6 Å². The van der Waals surface area contributed by atoms with Crippen LogP contribution in [0.25, 0.3) is 33.1 Å². The summed E-state index contributed by atoms with van der Waals surface area (Å²) >= 11 is 1.52. The van der Waals surface area contributed by atoms with Crippen molar-refractivity contribution in [2.45, 2.75) is 13.5 Å². The van der Waals surface area contributed by atoms with Gasteiger partial charge in [0.15, 0.2) is 0 Å². The molecular weight excluding hydrogens is 419 g/mol. The van der Waals surface area contributed by atoms with E-state index >= 15 is 0 Å². The minimum Gasteiger partial charge on any atom is -0.443 e. The fourth-order valence-corrected chi connectivity index (χ4v) is 3.90. The number of benzene rings is 1. The molecule has 1 amide bonds. The van der Waals surface area contributed by atoms with E-state index in [4.69, 9.17) is 8.94 Å². The average Bonchev–Trinajstić information content (AvgIpc) is 3.53. The maximum Gasteiger partial charge on any atom is 0.259 e. The van der Waals surface area contributed by atoms with Gasteiger partial charge in [-0.3, -0.25) is 4.79 Å². The van der Waals surface area contributed by atoms with Crippen LogP contribution in [0.3, 0.4) is 0 Å². The van der Waals surface area contributed by atoms with Gasteiger partial charge in [-0.25, -0.2) is 14.4 Å². The number of aryl methyl sites for hydroxylation is 1. The molecule has 0 bridgehead atoms. The summed E-state index contributed by atoms with van der Waals surface area (Å²) in [7, 11) is 0. The van der Waals surface area contributed by atoms with Crippen LogP contribution in [0.1, 0.15) is 21.7 Å². The highest BCUT2D eigenvalue weighted by molar-refractivity contribution is 7.13. The summed E-state index contributed by atoms with van der Waals surface area (Å²) in [5.74, 6) is -0.320. The number of thiophene rings is 1.